The Hall–Kier alpha value is -3.15. The van der Waals surface area contributed by atoms with Crippen LogP contribution in [0.2, 0.25) is 0 Å². The van der Waals surface area contributed by atoms with Gasteiger partial charge in [-0.05, 0) is 6.92 Å². The van der Waals surface area contributed by atoms with Gasteiger partial charge in [0.15, 0.2) is 5.03 Å². The number of rotatable bonds is 6. The highest BCUT2D eigenvalue weighted by Gasteiger charge is 2.25. The summed E-state index contributed by atoms with van der Waals surface area (Å²) in [6, 6.07) is 0.353. The van der Waals surface area contributed by atoms with E-state index in [9.17, 15) is 13.2 Å². The molecule has 140 valence electrons. The standard InChI is InChI=1S/C14H18N6O5S/c1-5-6-9-8-15-20(2)12(9)26(22,23)19-14(21)18-13-16-10(24-3)7-11(17-13)25-4/h5-8H,1-4H3,(H2,16,17,18,19,21)/b6-5-. The molecule has 26 heavy (non-hydrogen) atoms. The fourth-order valence-corrected chi connectivity index (χ4v) is 3.25. The van der Waals surface area contributed by atoms with Crippen LogP contribution in [0.15, 0.2) is 23.4 Å². The van der Waals surface area contributed by atoms with Gasteiger partial charge in [-0.1, -0.05) is 12.2 Å². The van der Waals surface area contributed by atoms with Gasteiger partial charge in [-0.15, -0.1) is 0 Å². The maximum Gasteiger partial charge on any atom is 0.335 e. The van der Waals surface area contributed by atoms with E-state index >= 15 is 0 Å². The number of nitrogens with one attached hydrogen (secondary N) is 2. The van der Waals surface area contributed by atoms with Gasteiger partial charge in [0.05, 0.1) is 26.5 Å². The second-order valence-electron chi connectivity index (χ2n) is 4.86. The van der Waals surface area contributed by atoms with E-state index in [4.69, 9.17) is 9.47 Å². The molecule has 12 heteroatoms. The molecule has 0 unspecified atom stereocenters. The van der Waals surface area contributed by atoms with E-state index in [0.29, 0.717) is 5.56 Å². The summed E-state index contributed by atoms with van der Waals surface area (Å²) in [4.78, 5) is 19.9. The fraction of sp³-hybridized carbons (Fsp3) is 0.286. The van der Waals surface area contributed by atoms with Gasteiger partial charge in [0.25, 0.3) is 10.0 Å². The number of carbonyl (C=O) groups is 1. The lowest BCUT2D eigenvalue weighted by atomic mass is 10.3. The highest BCUT2D eigenvalue weighted by atomic mass is 32.2. The molecule has 2 amide bonds. The summed E-state index contributed by atoms with van der Waals surface area (Å²) < 4.78 is 37.9. The maximum atomic E-state index is 12.5. The van der Waals surface area contributed by atoms with Gasteiger partial charge in [-0.25, -0.2) is 9.52 Å². The van der Waals surface area contributed by atoms with Crippen LogP contribution in [0.1, 0.15) is 12.5 Å². The molecule has 0 fully saturated rings. The summed E-state index contributed by atoms with van der Waals surface area (Å²) in [7, 11) is 0.0243. The van der Waals surface area contributed by atoms with Crippen LogP contribution in [0.25, 0.3) is 6.08 Å². The largest absolute Gasteiger partial charge is 0.481 e. The minimum absolute atomic E-state index is 0.136. The molecule has 0 aliphatic rings. The first-order chi connectivity index (χ1) is 12.3. The van der Waals surface area contributed by atoms with Crippen LogP contribution in [-0.4, -0.2) is 48.4 Å². The molecule has 2 N–H and O–H groups in total. The Morgan fingerprint density at radius 3 is 2.38 bits per heavy atom. The molecule has 0 aliphatic carbocycles. The Morgan fingerprint density at radius 2 is 1.85 bits per heavy atom. The number of aromatic nitrogens is 4. The number of carbonyl (C=O) groups excluding carboxylic acids is 1. The minimum Gasteiger partial charge on any atom is -0.481 e. The van der Waals surface area contributed by atoms with Gasteiger partial charge in [0.1, 0.15) is 0 Å². The van der Waals surface area contributed by atoms with Crippen molar-refractivity contribution < 1.29 is 22.7 Å². The first-order valence-electron chi connectivity index (χ1n) is 7.26. The Labute approximate surface area is 150 Å². The van der Waals surface area contributed by atoms with Gasteiger partial charge in [-0.2, -0.15) is 23.5 Å². The third kappa shape index (κ3) is 4.27. The number of amides is 2. The van der Waals surface area contributed by atoms with Crippen LogP contribution < -0.4 is 19.5 Å². The Bertz CT molecular complexity index is 915. The van der Waals surface area contributed by atoms with Crippen molar-refractivity contribution in [2.45, 2.75) is 11.9 Å². The molecule has 2 rings (SSSR count). The molecular formula is C14H18N6O5S. The molecule has 2 heterocycles. The third-order valence-corrected chi connectivity index (χ3v) is 4.52. The average molecular weight is 382 g/mol. The summed E-state index contributed by atoms with van der Waals surface area (Å²) in [6.45, 7) is 1.73. The fourth-order valence-electron chi connectivity index (χ4n) is 2.03. The van der Waals surface area contributed by atoms with Crippen LogP contribution in [0.5, 0.6) is 11.8 Å². The molecule has 0 radical (unpaired) electrons. The predicted molar refractivity (Wildman–Crippen MR) is 92.4 cm³/mol. The molecular weight excluding hydrogens is 364 g/mol. The molecule has 2 aromatic rings. The van der Waals surface area contributed by atoms with Gasteiger partial charge >= 0.3 is 6.03 Å². The van der Waals surface area contributed by atoms with Gasteiger partial charge in [0, 0.05) is 12.6 Å². The molecule has 11 nitrogen and oxygen atoms in total. The van der Waals surface area contributed by atoms with Crippen LogP contribution in [0.4, 0.5) is 10.7 Å². The number of urea groups is 1. The number of aryl methyl sites for hydroxylation is 1. The number of nitrogens with zero attached hydrogens (tertiary/aromatic N) is 4. The minimum atomic E-state index is -4.18. The lowest BCUT2D eigenvalue weighted by Crippen LogP contribution is -2.36. The van der Waals surface area contributed by atoms with Crippen molar-refractivity contribution in [3.63, 3.8) is 0 Å². The van der Waals surface area contributed by atoms with Crippen molar-refractivity contribution in [1.82, 2.24) is 24.5 Å². The van der Waals surface area contributed by atoms with Crippen molar-refractivity contribution in [2.24, 2.45) is 7.05 Å². The highest BCUT2D eigenvalue weighted by molar-refractivity contribution is 7.90. The third-order valence-electron chi connectivity index (χ3n) is 3.06. The number of hydrogen-bond donors (Lipinski definition) is 2. The van der Waals surface area contributed by atoms with Crippen molar-refractivity contribution >= 4 is 28.1 Å². The smallest absolute Gasteiger partial charge is 0.335 e. The van der Waals surface area contributed by atoms with E-state index in [1.165, 1.54) is 33.5 Å². The second kappa shape index (κ2) is 7.82. The van der Waals surface area contributed by atoms with E-state index in [0.717, 1.165) is 4.68 Å². The number of sulfonamides is 1. The quantitative estimate of drug-likeness (QED) is 0.747. The summed E-state index contributed by atoms with van der Waals surface area (Å²) in [5, 5.41) is 5.96. The summed E-state index contributed by atoms with van der Waals surface area (Å²) in [5.41, 5.74) is 0.342. The molecule has 0 saturated carbocycles. The second-order valence-corrected chi connectivity index (χ2v) is 6.46. The zero-order chi connectivity index (χ0) is 19.3. The van der Waals surface area contributed by atoms with Crippen LogP contribution in [-0.2, 0) is 17.1 Å². The van der Waals surface area contributed by atoms with Crippen LogP contribution in [0, 0.1) is 0 Å². The SMILES string of the molecule is C/C=C\c1cnn(C)c1S(=O)(=O)NC(=O)Nc1nc(OC)cc(OC)n1. The number of methoxy groups -OCH3 is 2. The lowest BCUT2D eigenvalue weighted by Gasteiger charge is -2.10. The summed E-state index contributed by atoms with van der Waals surface area (Å²) >= 11 is 0. The van der Waals surface area contributed by atoms with Gasteiger partial charge in [-0.3, -0.25) is 10.00 Å². The van der Waals surface area contributed by atoms with E-state index in [1.807, 2.05) is 4.72 Å². The summed E-state index contributed by atoms with van der Waals surface area (Å²) in [5.74, 6) is 0.0848. The van der Waals surface area contributed by atoms with Crippen molar-refractivity contribution in [2.75, 3.05) is 19.5 Å². The molecule has 0 saturated heterocycles. The van der Waals surface area contributed by atoms with Crippen molar-refractivity contribution in [1.29, 1.82) is 0 Å². The molecule has 0 bridgehead atoms. The molecule has 0 atom stereocenters. The number of hydrogen-bond acceptors (Lipinski definition) is 8. The number of allylic oxidation sites excluding steroid dienone is 1. The Balaban J connectivity index is 2.23. The normalized spacial score (nSPS) is 11.4. The zero-order valence-corrected chi connectivity index (χ0v) is 15.4. The monoisotopic (exact) mass is 382 g/mol. The van der Waals surface area contributed by atoms with Crippen molar-refractivity contribution in [3.05, 3.63) is 23.9 Å². The number of ether oxygens (including phenoxy) is 2. The molecule has 0 aromatic carbocycles. The summed E-state index contributed by atoms with van der Waals surface area (Å²) in [6.07, 6.45) is 4.60. The van der Waals surface area contributed by atoms with Gasteiger partial charge in [0.2, 0.25) is 17.7 Å². The van der Waals surface area contributed by atoms with Crippen LogP contribution >= 0.6 is 0 Å². The Morgan fingerprint density at radius 1 is 1.23 bits per heavy atom. The predicted octanol–water partition coefficient (Wildman–Crippen LogP) is 0.771. The van der Waals surface area contributed by atoms with Gasteiger partial charge < -0.3 is 9.47 Å². The zero-order valence-electron chi connectivity index (χ0n) is 14.5. The van der Waals surface area contributed by atoms with E-state index in [-0.39, 0.29) is 22.7 Å². The maximum absolute atomic E-state index is 12.5. The van der Waals surface area contributed by atoms with Crippen molar-refractivity contribution in [3.8, 4) is 11.8 Å². The molecule has 0 spiro atoms. The first-order valence-corrected chi connectivity index (χ1v) is 8.74. The highest BCUT2D eigenvalue weighted by Crippen LogP contribution is 2.18. The average Bonchev–Trinajstić information content (AvgIpc) is 2.95. The first kappa shape index (κ1) is 19.2. The van der Waals surface area contributed by atoms with Crippen LogP contribution in [0.3, 0.4) is 0 Å². The number of anilines is 1. The topological polar surface area (TPSA) is 137 Å². The Kier molecular flexibility index (Phi) is 5.77. The van der Waals surface area contributed by atoms with E-state index < -0.39 is 16.1 Å². The molecule has 0 aliphatic heterocycles. The lowest BCUT2D eigenvalue weighted by molar-refractivity contribution is 0.256. The van der Waals surface area contributed by atoms with E-state index in [2.05, 4.69) is 20.4 Å². The van der Waals surface area contributed by atoms with E-state index in [1.54, 1.807) is 19.1 Å². The molecule has 2 aromatic heterocycles.